The van der Waals surface area contributed by atoms with E-state index in [1.807, 2.05) is 36.4 Å². The highest BCUT2D eigenvalue weighted by Crippen LogP contribution is 2.51. The average Bonchev–Trinajstić information content (AvgIpc) is 1.73. The van der Waals surface area contributed by atoms with E-state index in [0.29, 0.717) is 47.4 Å². The summed E-state index contributed by atoms with van der Waals surface area (Å²) in [5.41, 5.74) is 8.13. The molecule has 21 rings (SSSR count). The van der Waals surface area contributed by atoms with Gasteiger partial charge in [-0.25, -0.2) is 0 Å². The van der Waals surface area contributed by atoms with Crippen LogP contribution in [0.4, 0.5) is 0 Å². The molecule has 2 aliphatic heterocycles. The van der Waals surface area contributed by atoms with Crippen LogP contribution in [-0.4, -0.2) is 72.4 Å². The highest BCUT2D eigenvalue weighted by molar-refractivity contribution is 6.19. The minimum atomic E-state index is -0.0876. The number of carbonyl (C=O) groups excluding carboxylic acids is 4. The third-order valence-electron chi connectivity index (χ3n) is 30.8. The van der Waals surface area contributed by atoms with E-state index in [1.165, 1.54) is 180 Å². The molecule has 120 heavy (non-hydrogen) atoms. The number of nitrogens with zero attached hydrogens (tertiary/aromatic N) is 2. The van der Waals surface area contributed by atoms with E-state index in [4.69, 9.17) is 14.2 Å². The summed E-state index contributed by atoms with van der Waals surface area (Å²) >= 11 is 0. The number of carbonyl (C=O) groups is 4. The molecule has 0 spiro atoms. The summed E-state index contributed by atoms with van der Waals surface area (Å²) in [4.78, 5) is 50.5. The van der Waals surface area contributed by atoms with E-state index in [-0.39, 0.29) is 23.6 Å². The van der Waals surface area contributed by atoms with E-state index >= 15 is 0 Å². The zero-order valence-corrected chi connectivity index (χ0v) is 72.9. The van der Waals surface area contributed by atoms with Crippen molar-refractivity contribution >= 4 is 23.6 Å². The minimum absolute atomic E-state index is 0.0876. The highest BCUT2D eigenvalue weighted by Gasteiger charge is 2.42. The topological polar surface area (TPSA) is 102 Å². The summed E-state index contributed by atoms with van der Waals surface area (Å²) in [5.74, 6) is 17.8. The number of hydrogen-bond donors (Lipinski definition) is 0. The number of amides is 4. The fourth-order valence-electron chi connectivity index (χ4n) is 23.7. The maximum atomic E-state index is 11.9. The Hall–Kier alpha value is -8.24. The lowest BCUT2D eigenvalue weighted by Crippen LogP contribution is -2.32. The van der Waals surface area contributed by atoms with Gasteiger partial charge in [0.25, 0.3) is 23.6 Å². The van der Waals surface area contributed by atoms with Gasteiger partial charge in [-0.15, -0.1) is 0 Å². The van der Waals surface area contributed by atoms with Crippen molar-refractivity contribution in [2.24, 2.45) is 118 Å². The van der Waals surface area contributed by atoms with Gasteiger partial charge in [-0.2, -0.15) is 0 Å². The number of hydrogen-bond acceptors (Lipinski definition) is 7. The largest absolute Gasteiger partial charge is 0.494 e. The number of unbranched alkanes of at least 4 members (excludes halogenated alkanes) is 2. The molecule has 4 amide bonds. The van der Waals surface area contributed by atoms with Crippen LogP contribution in [0.2, 0.25) is 0 Å². The van der Waals surface area contributed by atoms with Gasteiger partial charge in [-0.3, -0.25) is 29.0 Å². The molecule has 5 aromatic rings. The molecule has 9 nitrogen and oxygen atoms in total. The molecule has 636 valence electrons. The number of para-hydroxylation sites is 1. The first-order valence-electron chi connectivity index (χ1n) is 47.6. The third kappa shape index (κ3) is 23.6. The lowest BCUT2D eigenvalue weighted by atomic mass is 9.88. The predicted molar refractivity (Wildman–Crippen MR) is 488 cm³/mol. The number of imide groups is 2. The SMILES string of the molecule is C1=CC2CC1CC2CCCCc1ccccc1.C1=CC2CC1CC2CCCc1ccccc1.C1=CC2CC1CC2CCOc1ccccc1.C1=CC2CC1CC2COCc1ccccc1.C1=CC2CC1CC2OCCc1ccccc1.CC1=C(C)C(=O)N(CCCC2CC3C=CC2C3)C1=O.CC1=C(C)C(=O)N(CCCCC2CC3C=CC2C3)C1=O. The first-order valence-corrected chi connectivity index (χ1v) is 47.6. The molecule has 7 saturated carbocycles. The van der Waals surface area contributed by atoms with Crippen LogP contribution in [0.1, 0.15) is 210 Å². The number of benzene rings is 5. The Bertz CT molecular complexity index is 4070. The van der Waals surface area contributed by atoms with Gasteiger partial charge in [0.2, 0.25) is 0 Å². The van der Waals surface area contributed by atoms with Crippen molar-refractivity contribution in [3.05, 3.63) is 281 Å². The van der Waals surface area contributed by atoms with E-state index in [9.17, 15) is 19.2 Å². The molecule has 21 unspecified atom stereocenters. The van der Waals surface area contributed by atoms with Crippen LogP contribution in [0, 0.1) is 118 Å². The molecule has 16 aliphatic rings. The Labute approximate surface area is 720 Å². The van der Waals surface area contributed by atoms with Gasteiger partial charge in [0, 0.05) is 41.3 Å². The summed E-state index contributed by atoms with van der Waals surface area (Å²) in [6, 6.07) is 52.9. The number of fused-ring (bicyclic) bond motifs is 14. The van der Waals surface area contributed by atoms with E-state index in [0.717, 1.165) is 177 Å². The molecule has 2 heterocycles. The molecule has 9 heteroatoms. The fourth-order valence-corrected chi connectivity index (χ4v) is 23.7. The summed E-state index contributed by atoms with van der Waals surface area (Å²) in [7, 11) is 0. The maximum absolute atomic E-state index is 11.9. The van der Waals surface area contributed by atoms with Crippen molar-refractivity contribution in [2.45, 2.75) is 220 Å². The third-order valence-corrected chi connectivity index (χ3v) is 30.8. The minimum Gasteiger partial charge on any atom is -0.494 e. The summed E-state index contributed by atoms with van der Waals surface area (Å²) in [5, 5.41) is 0. The first kappa shape index (κ1) is 86.7. The Kier molecular flexibility index (Phi) is 31.2. The normalized spacial score (nSPS) is 31.4. The van der Waals surface area contributed by atoms with Crippen molar-refractivity contribution in [3.8, 4) is 5.75 Å². The molecule has 5 aromatic carbocycles. The Morgan fingerprint density at radius 1 is 0.283 bits per heavy atom. The maximum Gasteiger partial charge on any atom is 0.256 e. The second-order valence-electron chi connectivity index (χ2n) is 38.9. The predicted octanol–water partition coefficient (Wildman–Crippen LogP) is 24.9. The lowest BCUT2D eigenvalue weighted by Gasteiger charge is -2.20. The second kappa shape index (κ2) is 43.2. The second-order valence-corrected chi connectivity index (χ2v) is 38.9. The van der Waals surface area contributed by atoms with Crippen molar-refractivity contribution in [3.63, 3.8) is 0 Å². The van der Waals surface area contributed by atoms with Crippen molar-refractivity contribution in [2.75, 3.05) is 32.9 Å². The summed E-state index contributed by atoms with van der Waals surface area (Å²) in [6.07, 6.45) is 70.6. The van der Waals surface area contributed by atoms with E-state index < -0.39 is 0 Å². The Morgan fingerprint density at radius 2 is 0.600 bits per heavy atom. The molecular formula is C111H140N2O7. The van der Waals surface area contributed by atoms with Crippen LogP contribution in [-0.2, 0) is 54.5 Å². The van der Waals surface area contributed by atoms with Crippen LogP contribution in [0.15, 0.2) is 259 Å². The van der Waals surface area contributed by atoms with Gasteiger partial charge in [-0.05, 0) is 341 Å². The van der Waals surface area contributed by atoms with E-state index in [1.54, 1.807) is 27.7 Å². The molecular weight excluding hydrogens is 1470 g/mol. The van der Waals surface area contributed by atoms with Gasteiger partial charge >= 0.3 is 0 Å². The van der Waals surface area contributed by atoms with E-state index in [2.05, 4.69) is 200 Å². The van der Waals surface area contributed by atoms with Crippen LogP contribution >= 0.6 is 0 Å². The van der Waals surface area contributed by atoms with Crippen molar-refractivity contribution < 1.29 is 33.4 Å². The van der Waals surface area contributed by atoms with Crippen LogP contribution in [0.3, 0.4) is 0 Å². The zero-order chi connectivity index (χ0) is 82.5. The van der Waals surface area contributed by atoms with Crippen molar-refractivity contribution in [1.29, 1.82) is 0 Å². The van der Waals surface area contributed by atoms with Gasteiger partial charge in [0.1, 0.15) is 5.75 Å². The molecule has 21 atom stereocenters. The number of aryl methyl sites for hydroxylation is 2. The van der Waals surface area contributed by atoms with Crippen LogP contribution < -0.4 is 4.74 Å². The molecule has 14 aliphatic carbocycles. The molecule has 7 fully saturated rings. The Morgan fingerprint density at radius 3 is 0.975 bits per heavy atom. The number of allylic oxidation sites excluding steroid dienone is 13. The van der Waals surface area contributed by atoms with Gasteiger partial charge < -0.3 is 14.2 Å². The van der Waals surface area contributed by atoms with Gasteiger partial charge in [0.05, 0.1) is 32.5 Å². The highest BCUT2D eigenvalue weighted by atomic mass is 16.5. The smallest absolute Gasteiger partial charge is 0.256 e. The summed E-state index contributed by atoms with van der Waals surface area (Å²) < 4.78 is 17.6. The quantitative estimate of drug-likeness (QED) is 0.0256. The van der Waals surface area contributed by atoms with Gasteiger partial charge in [-0.1, -0.05) is 237 Å². The first-order chi connectivity index (χ1) is 58.7. The van der Waals surface area contributed by atoms with Crippen LogP contribution in [0.5, 0.6) is 5.75 Å². The monoisotopic (exact) mass is 1610 g/mol. The van der Waals surface area contributed by atoms with Crippen LogP contribution in [0.25, 0.3) is 0 Å². The molecule has 0 radical (unpaired) electrons. The molecule has 0 N–H and O–H groups in total. The fraction of sp³-hybridized carbons (Fsp3) is 0.532. The molecule has 0 saturated heterocycles. The number of ether oxygens (including phenoxy) is 3. The number of rotatable bonds is 30. The standard InChI is InChI=1S/C17H23NO2.C17H22.C16H21NO2.C16H20.3C15H18O/c1-11-12(2)17(20)18(16(11)19)8-4-3-5-14-9-13-6-7-15(14)10-13;1-2-6-14(7-3-1)8-4-5-9-16-12-15-10-11-17(16)13-15;1-10-11(2)16(19)17(15(10)18)7-3-4-13-8-12-5-6-14(13)9-12;1-2-5-13(6-3-1)7-4-8-15-11-14-9-10-16(15)12-14;1-2-4-12(5-3-1)10-16-11-15-9-13-6-7-14(15)8-13;1-2-4-15(5-3-1)16-9-8-14-11-12-6-7-13(14)10-12;1-2-4-12(5-3-1)8-9-16-15-11-13-6-7-14(15)10-13/h6-7,13-15H,3-5,8-10H2,1-2H3;1-3,6-7,10-11,15-17H,4-5,8-9,12-13H2;5-6,12-14H,3-4,7-9H2,1-2H3;1-3,5-6,9-10,14-16H,4,7-8,11-12H2;1-7,13-15H,8-11H2;1-7,12-14H,8-11H2;1-7,13-15H,8-11H2. The Balaban J connectivity index is 0.000000109. The average molecular weight is 1610 g/mol. The zero-order valence-electron chi connectivity index (χ0n) is 72.9. The van der Waals surface area contributed by atoms with Gasteiger partial charge in [0.15, 0.2) is 0 Å². The molecule has 14 bridgehead atoms. The van der Waals surface area contributed by atoms with Crippen molar-refractivity contribution in [1.82, 2.24) is 9.80 Å². The summed E-state index contributed by atoms with van der Waals surface area (Å²) in [6.45, 7) is 11.6. The lowest BCUT2D eigenvalue weighted by molar-refractivity contribution is -0.139. The molecule has 0 aromatic heterocycles.